The molecule has 0 radical (unpaired) electrons. The zero-order valence-electron chi connectivity index (χ0n) is 12.6. The van der Waals surface area contributed by atoms with E-state index in [1.54, 1.807) is 0 Å². The molecule has 1 aromatic carbocycles. The van der Waals surface area contributed by atoms with Crippen LogP contribution in [0, 0.1) is 5.92 Å². The Bertz CT molecular complexity index is 745. The summed E-state index contributed by atoms with van der Waals surface area (Å²) in [6.45, 7) is 3.23. The number of pyridine rings is 1. The van der Waals surface area contributed by atoms with E-state index < -0.39 is 0 Å². The van der Waals surface area contributed by atoms with Gasteiger partial charge in [-0.15, -0.1) is 0 Å². The van der Waals surface area contributed by atoms with Crippen LogP contribution >= 0.6 is 0 Å². The molecule has 0 amide bonds. The van der Waals surface area contributed by atoms with Gasteiger partial charge in [0.2, 0.25) is 0 Å². The fourth-order valence-corrected chi connectivity index (χ4v) is 3.46. The lowest BCUT2D eigenvalue weighted by Crippen LogP contribution is -2.21. The molecule has 1 N–H and O–H groups in total. The number of nitrogens with zero attached hydrogens (tertiary/aromatic N) is 3. The van der Waals surface area contributed by atoms with E-state index in [9.17, 15) is 0 Å². The number of aromatic nitrogens is 3. The van der Waals surface area contributed by atoms with Crippen LogP contribution in [-0.2, 0) is 13.0 Å². The first-order chi connectivity index (χ1) is 10.9. The molecule has 1 aliphatic heterocycles. The predicted molar refractivity (Wildman–Crippen MR) is 87.4 cm³/mol. The third-order valence-electron chi connectivity index (χ3n) is 4.52. The van der Waals surface area contributed by atoms with Crippen molar-refractivity contribution < 1.29 is 0 Å². The number of benzene rings is 1. The standard InChI is InChI=1S/C18H20N4/c1-3-15-5-2-7-21-18(15)16(4-1)11-14-6-10-22(12-14)13-17-19-8-9-20-17/h1-5,7-9,14H,6,10-13H2,(H,19,20). The fraction of sp³-hybridized carbons (Fsp3) is 0.333. The normalized spacial score (nSPS) is 19.0. The number of imidazole rings is 1. The molecule has 22 heavy (non-hydrogen) atoms. The van der Waals surface area contributed by atoms with Crippen molar-refractivity contribution in [2.45, 2.75) is 19.4 Å². The maximum atomic E-state index is 4.57. The Morgan fingerprint density at radius 3 is 3.00 bits per heavy atom. The average Bonchev–Trinajstić information content (AvgIpc) is 3.20. The van der Waals surface area contributed by atoms with E-state index in [1.165, 1.54) is 17.4 Å². The maximum absolute atomic E-state index is 4.57. The summed E-state index contributed by atoms with van der Waals surface area (Å²) in [5.41, 5.74) is 2.54. The molecule has 1 fully saturated rings. The highest BCUT2D eigenvalue weighted by Gasteiger charge is 2.23. The number of hydrogen-bond donors (Lipinski definition) is 1. The lowest BCUT2D eigenvalue weighted by molar-refractivity contribution is 0.309. The summed E-state index contributed by atoms with van der Waals surface area (Å²) >= 11 is 0. The molecule has 0 spiro atoms. The minimum Gasteiger partial charge on any atom is -0.348 e. The molecule has 0 bridgehead atoms. The van der Waals surface area contributed by atoms with Crippen molar-refractivity contribution in [3.05, 3.63) is 60.3 Å². The molecule has 0 aliphatic carbocycles. The number of para-hydroxylation sites is 1. The van der Waals surface area contributed by atoms with Crippen molar-refractivity contribution in [2.24, 2.45) is 5.92 Å². The fourth-order valence-electron chi connectivity index (χ4n) is 3.46. The Hall–Kier alpha value is -2.20. The van der Waals surface area contributed by atoms with Crippen LogP contribution in [0.1, 0.15) is 17.8 Å². The number of fused-ring (bicyclic) bond motifs is 1. The first kappa shape index (κ1) is 13.5. The zero-order chi connectivity index (χ0) is 14.8. The molecule has 3 heterocycles. The topological polar surface area (TPSA) is 44.8 Å². The second kappa shape index (κ2) is 5.89. The van der Waals surface area contributed by atoms with E-state index in [-0.39, 0.29) is 0 Å². The van der Waals surface area contributed by atoms with Gasteiger partial charge in [-0.1, -0.05) is 24.3 Å². The number of rotatable bonds is 4. The zero-order valence-corrected chi connectivity index (χ0v) is 12.6. The summed E-state index contributed by atoms with van der Waals surface area (Å²) in [5.74, 6) is 1.77. The summed E-state index contributed by atoms with van der Waals surface area (Å²) in [7, 11) is 0. The van der Waals surface area contributed by atoms with Gasteiger partial charge < -0.3 is 4.98 Å². The van der Waals surface area contributed by atoms with Crippen LogP contribution in [0.5, 0.6) is 0 Å². The molecule has 2 aromatic heterocycles. The molecule has 4 heteroatoms. The summed E-state index contributed by atoms with van der Waals surface area (Å²) < 4.78 is 0. The number of likely N-dealkylation sites (tertiary alicyclic amines) is 1. The summed E-state index contributed by atoms with van der Waals surface area (Å²) in [5, 5.41) is 1.24. The van der Waals surface area contributed by atoms with Gasteiger partial charge in [-0.3, -0.25) is 9.88 Å². The van der Waals surface area contributed by atoms with Gasteiger partial charge in [0.25, 0.3) is 0 Å². The third-order valence-corrected chi connectivity index (χ3v) is 4.52. The van der Waals surface area contributed by atoms with Crippen LogP contribution in [0.3, 0.4) is 0 Å². The number of nitrogens with one attached hydrogen (secondary N) is 1. The van der Waals surface area contributed by atoms with E-state index >= 15 is 0 Å². The largest absolute Gasteiger partial charge is 0.348 e. The molecule has 4 rings (SSSR count). The Morgan fingerprint density at radius 1 is 1.14 bits per heavy atom. The van der Waals surface area contributed by atoms with E-state index in [2.05, 4.69) is 44.1 Å². The van der Waals surface area contributed by atoms with Crippen LogP contribution in [-0.4, -0.2) is 32.9 Å². The summed E-state index contributed by atoms with van der Waals surface area (Å²) in [4.78, 5) is 14.6. The Kier molecular flexibility index (Phi) is 3.60. The van der Waals surface area contributed by atoms with Crippen molar-refractivity contribution >= 4 is 10.9 Å². The van der Waals surface area contributed by atoms with Crippen LogP contribution in [0.25, 0.3) is 10.9 Å². The lowest BCUT2D eigenvalue weighted by atomic mass is 9.97. The maximum Gasteiger partial charge on any atom is 0.120 e. The molecule has 4 nitrogen and oxygen atoms in total. The van der Waals surface area contributed by atoms with Gasteiger partial charge in [0.15, 0.2) is 0 Å². The lowest BCUT2D eigenvalue weighted by Gasteiger charge is -2.15. The number of H-pyrrole nitrogens is 1. The first-order valence-corrected chi connectivity index (χ1v) is 7.92. The third kappa shape index (κ3) is 2.74. The van der Waals surface area contributed by atoms with Crippen molar-refractivity contribution in [1.29, 1.82) is 0 Å². The van der Waals surface area contributed by atoms with Crippen molar-refractivity contribution in [1.82, 2.24) is 19.9 Å². The van der Waals surface area contributed by atoms with Gasteiger partial charge in [-0.2, -0.15) is 0 Å². The van der Waals surface area contributed by atoms with Gasteiger partial charge in [0.1, 0.15) is 5.82 Å². The van der Waals surface area contributed by atoms with Crippen LogP contribution in [0.15, 0.2) is 48.9 Å². The first-order valence-electron chi connectivity index (χ1n) is 7.92. The second-order valence-electron chi connectivity index (χ2n) is 6.12. The monoisotopic (exact) mass is 292 g/mol. The highest BCUT2D eigenvalue weighted by molar-refractivity contribution is 5.81. The highest BCUT2D eigenvalue weighted by Crippen LogP contribution is 2.25. The van der Waals surface area contributed by atoms with E-state index in [0.29, 0.717) is 5.92 Å². The van der Waals surface area contributed by atoms with Crippen LogP contribution < -0.4 is 0 Å². The minimum atomic E-state index is 0.711. The Morgan fingerprint density at radius 2 is 2.09 bits per heavy atom. The molecule has 1 aliphatic rings. The van der Waals surface area contributed by atoms with Gasteiger partial charge in [0.05, 0.1) is 12.1 Å². The molecule has 1 unspecified atom stereocenters. The Labute approximate surface area is 130 Å². The van der Waals surface area contributed by atoms with Gasteiger partial charge in [0, 0.05) is 30.5 Å². The molecule has 0 saturated carbocycles. The number of hydrogen-bond acceptors (Lipinski definition) is 3. The van der Waals surface area contributed by atoms with Crippen LogP contribution in [0.4, 0.5) is 0 Å². The van der Waals surface area contributed by atoms with E-state index in [4.69, 9.17) is 0 Å². The molecular formula is C18H20N4. The quantitative estimate of drug-likeness (QED) is 0.804. The van der Waals surface area contributed by atoms with Crippen molar-refractivity contribution in [2.75, 3.05) is 13.1 Å². The molecule has 3 aromatic rings. The van der Waals surface area contributed by atoms with Crippen molar-refractivity contribution in [3.8, 4) is 0 Å². The highest BCUT2D eigenvalue weighted by atomic mass is 15.2. The smallest absolute Gasteiger partial charge is 0.120 e. The van der Waals surface area contributed by atoms with Crippen molar-refractivity contribution in [3.63, 3.8) is 0 Å². The number of aromatic amines is 1. The van der Waals surface area contributed by atoms with Crippen LogP contribution in [0.2, 0.25) is 0 Å². The predicted octanol–water partition coefficient (Wildman–Crippen LogP) is 3.02. The van der Waals surface area contributed by atoms with Gasteiger partial charge >= 0.3 is 0 Å². The second-order valence-corrected chi connectivity index (χ2v) is 6.12. The Balaban J connectivity index is 1.45. The minimum absolute atomic E-state index is 0.711. The van der Waals surface area contributed by atoms with Gasteiger partial charge in [-0.25, -0.2) is 4.98 Å². The molecule has 1 saturated heterocycles. The van der Waals surface area contributed by atoms with E-state index in [0.717, 1.165) is 37.4 Å². The van der Waals surface area contributed by atoms with E-state index in [1.807, 2.05) is 24.7 Å². The van der Waals surface area contributed by atoms with Gasteiger partial charge in [-0.05, 0) is 36.9 Å². The molecular weight excluding hydrogens is 272 g/mol. The molecule has 112 valence electrons. The molecule has 1 atom stereocenters. The average molecular weight is 292 g/mol. The SMILES string of the molecule is c1cnc2c(CC3CCN(Cc4ncc[nH]4)C3)cccc2c1. The summed E-state index contributed by atoms with van der Waals surface area (Å²) in [6, 6.07) is 10.7. The summed E-state index contributed by atoms with van der Waals surface area (Å²) in [6.07, 6.45) is 7.98.